The van der Waals surface area contributed by atoms with Crippen molar-refractivity contribution in [1.82, 2.24) is 0 Å². The highest BCUT2D eigenvalue weighted by molar-refractivity contribution is 6.30. The highest BCUT2D eigenvalue weighted by atomic mass is 35.5. The number of hydrogen-bond donors (Lipinski definition) is 0. The van der Waals surface area contributed by atoms with Gasteiger partial charge in [0, 0.05) is 5.02 Å². The standard InChI is InChI=1S/C11H15ClN2O/c1-3-10(4-2)14(13-15)11-7-5-9(12)6-8-11/h5-8,10H,3-4H2,1-2H3. The molecule has 0 unspecified atom stereocenters. The first-order valence-electron chi connectivity index (χ1n) is 5.11. The smallest absolute Gasteiger partial charge is 0.0630 e. The Balaban J connectivity index is 2.91. The van der Waals surface area contributed by atoms with E-state index in [1.807, 2.05) is 26.0 Å². The van der Waals surface area contributed by atoms with Gasteiger partial charge in [0.15, 0.2) is 0 Å². The van der Waals surface area contributed by atoms with Crippen molar-refractivity contribution >= 4 is 17.3 Å². The van der Waals surface area contributed by atoms with Crippen molar-refractivity contribution in [3.05, 3.63) is 34.2 Å². The molecule has 0 aliphatic rings. The average Bonchev–Trinajstić information content (AvgIpc) is 2.27. The van der Waals surface area contributed by atoms with E-state index in [1.165, 1.54) is 5.01 Å². The Kier molecular flexibility index (Phi) is 4.56. The normalized spacial score (nSPS) is 10.4. The number of nitroso groups, excluding NO2 is 1. The Labute approximate surface area is 95.0 Å². The minimum Gasteiger partial charge on any atom is -0.226 e. The lowest BCUT2D eigenvalue weighted by Crippen LogP contribution is -2.28. The van der Waals surface area contributed by atoms with Crippen molar-refractivity contribution in [3.63, 3.8) is 0 Å². The summed E-state index contributed by atoms with van der Waals surface area (Å²) in [5.74, 6) is 0. The highest BCUT2D eigenvalue weighted by Gasteiger charge is 2.15. The Morgan fingerprint density at radius 3 is 2.20 bits per heavy atom. The number of anilines is 1. The maximum atomic E-state index is 10.8. The van der Waals surface area contributed by atoms with Crippen LogP contribution in [-0.4, -0.2) is 6.04 Å². The quantitative estimate of drug-likeness (QED) is 0.561. The van der Waals surface area contributed by atoms with E-state index < -0.39 is 0 Å². The molecule has 4 heteroatoms. The molecule has 0 aliphatic heterocycles. The zero-order chi connectivity index (χ0) is 11.3. The lowest BCUT2D eigenvalue weighted by molar-refractivity contribution is 0.567. The van der Waals surface area contributed by atoms with E-state index in [0.717, 1.165) is 18.5 Å². The van der Waals surface area contributed by atoms with Gasteiger partial charge in [0.05, 0.1) is 17.0 Å². The summed E-state index contributed by atoms with van der Waals surface area (Å²) in [7, 11) is 0. The number of halogens is 1. The molecule has 0 bridgehead atoms. The first kappa shape index (κ1) is 12.0. The predicted molar refractivity (Wildman–Crippen MR) is 64.1 cm³/mol. The Bertz CT molecular complexity index is 309. The molecular weight excluding hydrogens is 212 g/mol. The van der Waals surface area contributed by atoms with E-state index in [2.05, 4.69) is 5.29 Å². The lowest BCUT2D eigenvalue weighted by Gasteiger charge is -2.24. The summed E-state index contributed by atoms with van der Waals surface area (Å²) in [6.45, 7) is 4.09. The number of rotatable bonds is 5. The van der Waals surface area contributed by atoms with Crippen LogP contribution in [0.1, 0.15) is 26.7 Å². The summed E-state index contributed by atoms with van der Waals surface area (Å²) in [4.78, 5) is 10.8. The molecule has 0 N–H and O–H groups in total. The van der Waals surface area contributed by atoms with Crippen molar-refractivity contribution in [2.75, 3.05) is 5.01 Å². The SMILES string of the molecule is CCC(CC)N(N=O)c1ccc(Cl)cc1. The van der Waals surface area contributed by atoms with Gasteiger partial charge in [0.25, 0.3) is 0 Å². The molecule has 0 saturated carbocycles. The first-order chi connectivity index (χ1) is 7.22. The van der Waals surface area contributed by atoms with Crippen molar-refractivity contribution in [3.8, 4) is 0 Å². The van der Waals surface area contributed by atoms with Crippen molar-refractivity contribution in [2.45, 2.75) is 32.7 Å². The van der Waals surface area contributed by atoms with Crippen LogP contribution in [-0.2, 0) is 0 Å². The second-order valence-electron chi connectivity index (χ2n) is 3.37. The Morgan fingerprint density at radius 2 is 1.80 bits per heavy atom. The average molecular weight is 227 g/mol. The van der Waals surface area contributed by atoms with E-state index in [9.17, 15) is 4.91 Å². The van der Waals surface area contributed by atoms with Gasteiger partial charge >= 0.3 is 0 Å². The molecule has 15 heavy (non-hydrogen) atoms. The molecule has 0 aliphatic carbocycles. The maximum Gasteiger partial charge on any atom is 0.0630 e. The monoisotopic (exact) mass is 226 g/mol. The molecule has 0 heterocycles. The molecular formula is C11H15ClN2O. The van der Waals surface area contributed by atoms with Gasteiger partial charge < -0.3 is 0 Å². The Morgan fingerprint density at radius 1 is 1.27 bits per heavy atom. The topological polar surface area (TPSA) is 32.7 Å². The second kappa shape index (κ2) is 5.71. The minimum absolute atomic E-state index is 0.156. The van der Waals surface area contributed by atoms with Gasteiger partial charge in [0.1, 0.15) is 0 Å². The molecule has 0 aromatic heterocycles. The van der Waals surface area contributed by atoms with Gasteiger partial charge in [-0.1, -0.05) is 25.4 Å². The zero-order valence-electron chi connectivity index (χ0n) is 8.98. The lowest BCUT2D eigenvalue weighted by atomic mass is 10.1. The highest BCUT2D eigenvalue weighted by Crippen LogP contribution is 2.22. The molecule has 82 valence electrons. The van der Waals surface area contributed by atoms with E-state index in [0.29, 0.717) is 5.02 Å². The molecule has 0 amide bonds. The number of benzene rings is 1. The van der Waals surface area contributed by atoms with Crippen LogP contribution in [0.2, 0.25) is 5.02 Å². The van der Waals surface area contributed by atoms with Gasteiger partial charge in [-0.2, -0.15) is 0 Å². The van der Waals surface area contributed by atoms with Gasteiger partial charge in [-0.3, -0.25) is 0 Å². The Hall–Kier alpha value is -1.09. The fourth-order valence-corrected chi connectivity index (χ4v) is 1.68. The summed E-state index contributed by atoms with van der Waals surface area (Å²) in [6.07, 6.45) is 1.79. The second-order valence-corrected chi connectivity index (χ2v) is 3.81. The molecule has 1 rings (SSSR count). The maximum absolute atomic E-state index is 10.8. The summed E-state index contributed by atoms with van der Waals surface area (Å²) in [6, 6.07) is 7.29. The fraction of sp³-hybridized carbons (Fsp3) is 0.455. The van der Waals surface area contributed by atoms with Crippen LogP contribution in [0.4, 0.5) is 5.69 Å². The van der Waals surface area contributed by atoms with Gasteiger partial charge in [0.2, 0.25) is 0 Å². The molecule has 3 nitrogen and oxygen atoms in total. The van der Waals surface area contributed by atoms with Crippen LogP contribution in [0, 0.1) is 4.91 Å². The molecule has 0 fully saturated rings. The van der Waals surface area contributed by atoms with Crippen LogP contribution < -0.4 is 5.01 Å². The zero-order valence-corrected chi connectivity index (χ0v) is 9.74. The number of hydrogen-bond acceptors (Lipinski definition) is 2. The molecule has 1 aromatic rings. The molecule has 0 spiro atoms. The fourth-order valence-electron chi connectivity index (χ4n) is 1.55. The van der Waals surface area contributed by atoms with Gasteiger partial charge in [-0.15, -0.1) is 4.91 Å². The molecule has 0 atom stereocenters. The number of nitrogens with zero attached hydrogens (tertiary/aromatic N) is 2. The summed E-state index contributed by atoms with van der Waals surface area (Å²) < 4.78 is 0. The van der Waals surface area contributed by atoms with Gasteiger partial charge in [-0.05, 0) is 37.1 Å². The predicted octanol–water partition coefficient (Wildman–Crippen LogP) is 4.02. The summed E-state index contributed by atoms with van der Waals surface area (Å²) >= 11 is 5.78. The van der Waals surface area contributed by atoms with Crippen molar-refractivity contribution in [2.24, 2.45) is 5.29 Å². The van der Waals surface area contributed by atoms with Crippen LogP contribution in [0.5, 0.6) is 0 Å². The van der Waals surface area contributed by atoms with Crippen LogP contribution in [0.25, 0.3) is 0 Å². The molecule has 0 radical (unpaired) electrons. The van der Waals surface area contributed by atoms with Crippen LogP contribution in [0.15, 0.2) is 29.6 Å². The third-order valence-electron chi connectivity index (χ3n) is 2.47. The largest absolute Gasteiger partial charge is 0.226 e. The van der Waals surface area contributed by atoms with E-state index >= 15 is 0 Å². The van der Waals surface area contributed by atoms with E-state index in [4.69, 9.17) is 11.6 Å². The van der Waals surface area contributed by atoms with E-state index in [-0.39, 0.29) is 6.04 Å². The van der Waals surface area contributed by atoms with Gasteiger partial charge in [-0.25, -0.2) is 5.01 Å². The third kappa shape index (κ3) is 2.93. The molecule has 0 saturated heterocycles. The molecule has 1 aromatic carbocycles. The minimum atomic E-state index is 0.156. The van der Waals surface area contributed by atoms with E-state index in [1.54, 1.807) is 12.1 Å². The first-order valence-corrected chi connectivity index (χ1v) is 5.48. The third-order valence-corrected chi connectivity index (χ3v) is 2.72. The van der Waals surface area contributed by atoms with Crippen LogP contribution >= 0.6 is 11.6 Å². The van der Waals surface area contributed by atoms with Crippen molar-refractivity contribution in [1.29, 1.82) is 0 Å². The van der Waals surface area contributed by atoms with Crippen molar-refractivity contribution < 1.29 is 0 Å². The summed E-state index contributed by atoms with van der Waals surface area (Å²) in [5, 5.41) is 5.24. The summed E-state index contributed by atoms with van der Waals surface area (Å²) in [5.41, 5.74) is 0.795. The van der Waals surface area contributed by atoms with Crippen LogP contribution in [0.3, 0.4) is 0 Å².